The highest BCUT2D eigenvalue weighted by atomic mass is 16.5. The molecule has 0 bridgehead atoms. The summed E-state index contributed by atoms with van der Waals surface area (Å²) >= 11 is 0. The molecular formula is C11H17N3O3. The minimum Gasteiger partial charge on any atom is -0.383 e. The topological polar surface area (TPSA) is 82.4 Å². The fraction of sp³-hybridized carbons (Fsp3) is 0.727. The third kappa shape index (κ3) is 4.04. The molecule has 0 aromatic rings. The summed E-state index contributed by atoms with van der Waals surface area (Å²) in [6.45, 7) is 1.68. The predicted molar refractivity (Wildman–Crippen MR) is 59.8 cm³/mol. The molecule has 1 heterocycles. The zero-order chi connectivity index (χ0) is 12.7. The lowest BCUT2D eigenvalue weighted by Crippen LogP contribution is -2.39. The van der Waals surface area contributed by atoms with Crippen LogP contribution in [0.2, 0.25) is 0 Å². The van der Waals surface area contributed by atoms with Gasteiger partial charge < -0.3 is 15.0 Å². The molecule has 6 nitrogen and oxygen atoms in total. The highest BCUT2D eigenvalue weighted by Crippen LogP contribution is 2.13. The molecule has 1 saturated heterocycles. The number of carbonyl (C=O) groups excluding carboxylic acids is 2. The van der Waals surface area contributed by atoms with E-state index in [1.807, 2.05) is 6.07 Å². The molecule has 0 saturated carbocycles. The van der Waals surface area contributed by atoms with Crippen molar-refractivity contribution in [1.82, 2.24) is 10.2 Å². The van der Waals surface area contributed by atoms with E-state index in [0.29, 0.717) is 32.7 Å². The Morgan fingerprint density at radius 3 is 2.94 bits per heavy atom. The number of nitriles is 1. The highest BCUT2D eigenvalue weighted by Gasteiger charge is 2.30. The van der Waals surface area contributed by atoms with Gasteiger partial charge in [0.1, 0.15) is 0 Å². The molecule has 1 unspecified atom stereocenters. The van der Waals surface area contributed by atoms with E-state index in [1.54, 1.807) is 12.0 Å². The Balaban J connectivity index is 2.52. The van der Waals surface area contributed by atoms with Crippen LogP contribution < -0.4 is 5.32 Å². The molecule has 0 radical (unpaired) electrons. The van der Waals surface area contributed by atoms with Gasteiger partial charge in [0.25, 0.3) is 0 Å². The highest BCUT2D eigenvalue weighted by molar-refractivity contribution is 5.89. The van der Waals surface area contributed by atoms with Crippen LogP contribution in [0.5, 0.6) is 0 Å². The first kappa shape index (κ1) is 13.5. The lowest BCUT2D eigenvalue weighted by molar-refractivity contribution is -0.136. The van der Waals surface area contributed by atoms with Crippen molar-refractivity contribution in [3.05, 3.63) is 0 Å². The summed E-state index contributed by atoms with van der Waals surface area (Å²) in [5.74, 6) is -0.455. The van der Waals surface area contributed by atoms with Crippen LogP contribution >= 0.6 is 0 Å². The Bertz CT molecular complexity index is 324. The van der Waals surface area contributed by atoms with Gasteiger partial charge >= 0.3 is 0 Å². The second-order valence-electron chi connectivity index (χ2n) is 3.93. The van der Waals surface area contributed by atoms with Crippen molar-refractivity contribution in [3.8, 4) is 6.07 Å². The number of hydrogen-bond acceptors (Lipinski definition) is 4. The molecule has 1 atom stereocenters. The van der Waals surface area contributed by atoms with Crippen LogP contribution in [0.3, 0.4) is 0 Å². The molecule has 0 aromatic heterocycles. The Hall–Kier alpha value is -1.61. The van der Waals surface area contributed by atoms with Crippen LogP contribution in [-0.4, -0.2) is 50.1 Å². The average molecular weight is 239 g/mol. The van der Waals surface area contributed by atoms with Crippen molar-refractivity contribution in [3.63, 3.8) is 0 Å². The SMILES string of the molecule is COCCN(CCC#N)C(=O)C1CNC(=O)C1. The first-order valence-corrected chi connectivity index (χ1v) is 5.60. The second kappa shape index (κ2) is 6.86. The van der Waals surface area contributed by atoms with E-state index >= 15 is 0 Å². The van der Waals surface area contributed by atoms with E-state index in [2.05, 4.69) is 5.32 Å². The maximum absolute atomic E-state index is 12.1. The van der Waals surface area contributed by atoms with Crippen LogP contribution in [0.15, 0.2) is 0 Å². The smallest absolute Gasteiger partial charge is 0.228 e. The Kier molecular flexibility index (Phi) is 5.43. The van der Waals surface area contributed by atoms with Gasteiger partial charge in [0.05, 0.1) is 25.0 Å². The van der Waals surface area contributed by atoms with E-state index < -0.39 is 0 Å². The number of amides is 2. The van der Waals surface area contributed by atoms with Gasteiger partial charge in [-0.2, -0.15) is 5.26 Å². The van der Waals surface area contributed by atoms with Crippen molar-refractivity contribution in [1.29, 1.82) is 5.26 Å². The largest absolute Gasteiger partial charge is 0.383 e. The molecular weight excluding hydrogens is 222 g/mol. The summed E-state index contributed by atoms with van der Waals surface area (Å²) < 4.78 is 4.93. The summed E-state index contributed by atoms with van der Waals surface area (Å²) in [4.78, 5) is 24.7. The van der Waals surface area contributed by atoms with Gasteiger partial charge in [0, 0.05) is 33.2 Å². The fourth-order valence-electron chi connectivity index (χ4n) is 1.76. The molecule has 1 N–H and O–H groups in total. The maximum atomic E-state index is 12.1. The number of hydrogen-bond donors (Lipinski definition) is 1. The molecule has 0 spiro atoms. The zero-order valence-corrected chi connectivity index (χ0v) is 9.94. The van der Waals surface area contributed by atoms with Crippen LogP contribution in [0, 0.1) is 17.2 Å². The number of nitrogens with zero attached hydrogens (tertiary/aromatic N) is 2. The van der Waals surface area contributed by atoms with E-state index in [4.69, 9.17) is 10.00 Å². The number of rotatable bonds is 6. The summed E-state index contributed by atoms with van der Waals surface area (Å²) in [5, 5.41) is 11.2. The Labute approximate surface area is 101 Å². The minimum absolute atomic E-state index is 0.0735. The molecule has 1 rings (SSSR count). The summed E-state index contributed by atoms with van der Waals surface area (Å²) in [5.41, 5.74) is 0. The van der Waals surface area contributed by atoms with Gasteiger partial charge in [-0.1, -0.05) is 0 Å². The summed E-state index contributed by atoms with van der Waals surface area (Å²) in [6, 6.07) is 2.01. The molecule has 1 fully saturated rings. The van der Waals surface area contributed by atoms with Gasteiger partial charge in [0.2, 0.25) is 11.8 Å². The van der Waals surface area contributed by atoms with E-state index in [1.165, 1.54) is 0 Å². The van der Waals surface area contributed by atoms with Crippen molar-refractivity contribution < 1.29 is 14.3 Å². The lowest BCUT2D eigenvalue weighted by Gasteiger charge is -2.23. The van der Waals surface area contributed by atoms with Gasteiger partial charge in [-0.05, 0) is 0 Å². The Morgan fingerprint density at radius 2 is 2.41 bits per heavy atom. The van der Waals surface area contributed by atoms with Crippen LogP contribution in [0.4, 0.5) is 0 Å². The van der Waals surface area contributed by atoms with Gasteiger partial charge in [0.15, 0.2) is 0 Å². The quantitative estimate of drug-likeness (QED) is 0.678. The van der Waals surface area contributed by atoms with Gasteiger partial charge in [-0.25, -0.2) is 0 Å². The third-order valence-corrected chi connectivity index (χ3v) is 2.70. The molecule has 17 heavy (non-hydrogen) atoms. The zero-order valence-electron chi connectivity index (χ0n) is 9.94. The van der Waals surface area contributed by atoms with E-state index in [9.17, 15) is 9.59 Å². The number of ether oxygens (including phenoxy) is 1. The molecule has 0 aromatic carbocycles. The monoisotopic (exact) mass is 239 g/mol. The third-order valence-electron chi connectivity index (χ3n) is 2.70. The predicted octanol–water partition coefficient (Wildman–Crippen LogP) is -0.489. The molecule has 1 aliphatic rings. The maximum Gasteiger partial charge on any atom is 0.228 e. The summed E-state index contributed by atoms with van der Waals surface area (Å²) in [6.07, 6.45) is 0.540. The lowest BCUT2D eigenvalue weighted by atomic mass is 10.1. The fourth-order valence-corrected chi connectivity index (χ4v) is 1.76. The molecule has 94 valence electrons. The standard InChI is InChI=1S/C11H17N3O3/c1-17-6-5-14(4-2-3-12)11(16)9-7-10(15)13-8-9/h9H,2,4-8H2,1H3,(H,13,15). The number of carbonyl (C=O) groups is 2. The number of nitrogens with one attached hydrogen (secondary N) is 1. The van der Waals surface area contributed by atoms with Gasteiger partial charge in [-0.3, -0.25) is 9.59 Å². The molecule has 1 aliphatic heterocycles. The second-order valence-corrected chi connectivity index (χ2v) is 3.93. The first-order valence-electron chi connectivity index (χ1n) is 5.60. The average Bonchev–Trinajstić information content (AvgIpc) is 2.75. The van der Waals surface area contributed by atoms with E-state index in [0.717, 1.165) is 0 Å². The normalized spacial score (nSPS) is 18.6. The summed E-state index contributed by atoms with van der Waals surface area (Å²) in [7, 11) is 1.56. The molecule has 2 amide bonds. The van der Waals surface area contributed by atoms with E-state index in [-0.39, 0.29) is 24.2 Å². The van der Waals surface area contributed by atoms with Gasteiger partial charge in [-0.15, -0.1) is 0 Å². The van der Waals surface area contributed by atoms with Crippen molar-refractivity contribution in [2.24, 2.45) is 5.92 Å². The van der Waals surface area contributed by atoms with Crippen molar-refractivity contribution >= 4 is 11.8 Å². The number of methoxy groups -OCH3 is 1. The van der Waals surface area contributed by atoms with Crippen LogP contribution in [0.1, 0.15) is 12.8 Å². The minimum atomic E-state index is -0.293. The molecule has 6 heteroatoms. The van der Waals surface area contributed by atoms with Crippen LogP contribution in [-0.2, 0) is 14.3 Å². The Morgan fingerprint density at radius 1 is 1.65 bits per heavy atom. The van der Waals surface area contributed by atoms with Crippen LogP contribution in [0.25, 0.3) is 0 Å². The van der Waals surface area contributed by atoms with Crippen molar-refractivity contribution in [2.45, 2.75) is 12.8 Å². The first-order chi connectivity index (χ1) is 8.19. The molecule has 0 aliphatic carbocycles. The van der Waals surface area contributed by atoms with Crippen molar-refractivity contribution in [2.75, 3.05) is 33.4 Å².